The summed E-state index contributed by atoms with van der Waals surface area (Å²) in [5.74, 6) is -0.797. The zero-order valence-electron chi connectivity index (χ0n) is 32.0. The molecule has 0 saturated carbocycles. The van der Waals surface area contributed by atoms with E-state index in [1.54, 1.807) is 23.1 Å². The topological polar surface area (TPSA) is 148 Å². The number of alkyl halides is 3. The monoisotopic (exact) mass is 862 g/mol. The van der Waals surface area contributed by atoms with E-state index in [0.29, 0.717) is 36.5 Å². The molecule has 13 nitrogen and oxygen atoms in total. The quantitative estimate of drug-likeness (QED) is 0.122. The Labute approximate surface area is 341 Å². The van der Waals surface area contributed by atoms with Crippen molar-refractivity contribution in [2.75, 3.05) is 49.8 Å². The first-order chi connectivity index (χ1) is 27.7. The zero-order valence-corrected chi connectivity index (χ0v) is 33.6. The first-order valence-electron chi connectivity index (χ1n) is 18.8. The number of imide groups is 1. The number of carbonyl (C=O) groups excluding carboxylic acids is 4. The van der Waals surface area contributed by atoms with Crippen LogP contribution < -0.4 is 30.9 Å². The van der Waals surface area contributed by atoms with Gasteiger partial charge in [-0.3, -0.25) is 29.4 Å². The molecule has 4 amide bonds. The van der Waals surface area contributed by atoms with Gasteiger partial charge in [0.15, 0.2) is 0 Å². The smallest absolute Gasteiger partial charge is 0.419 e. The SMILES string of the molecule is CNC(=O)c1ccccc1Nc1cc(Nc2ccc(N3CCC(N(C)Cc4cc5c(cc4Br)C(=O)N(C4CCC(=O)NC4=O)C5)CC3)cc2OC)ncc1C(F)(F)F. The van der Waals surface area contributed by atoms with E-state index in [0.717, 1.165) is 53.4 Å². The average Bonchev–Trinajstić information content (AvgIpc) is 3.51. The fourth-order valence-electron chi connectivity index (χ4n) is 7.76. The lowest BCUT2D eigenvalue weighted by molar-refractivity contribution is -0.138. The van der Waals surface area contributed by atoms with Crippen molar-refractivity contribution in [2.45, 2.75) is 57.0 Å². The summed E-state index contributed by atoms with van der Waals surface area (Å²) in [6.07, 6.45) is -1.67. The van der Waals surface area contributed by atoms with Gasteiger partial charge in [0.1, 0.15) is 17.6 Å². The van der Waals surface area contributed by atoms with E-state index >= 15 is 0 Å². The van der Waals surface area contributed by atoms with Crippen LogP contribution in [-0.4, -0.2) is 84.8 Å². The van der Waals surface area contributed by atoms with Gasteiger partial charge in [0.25, 0.3) is 11.8 Å². The molecule has 0 aliphatic carbocycles. The molecule has 4 aromatic rings. The minimum absolute atomic E-state index is 0.135. The first kappa shape index (κ1) is 40.5. The van der Waals surface area contributed by atoms with Crippen molar-refractivity contribution in [1.29, 1.82) is 0 Å². The van der Waals surface area contributed by atoms with Gasteiger partial charge < -0.3 is 30.5 Å². The number of nitrogens with zero attached hydrogens (tertiary/aromatic N) is 4. The summed E-state index contributed by atoms with van der Waals surface area (Å²) >= 11 is 3.67. The molecule has 304 valence electrons. The first-order valence-corrected chi connectivity index (χ1v) is 19.5. The molecule has 1 atom stereocenters. The third-order valence-electron chi connectivity index (χ3n) is 10.9. The number of hydrogen-bond acceptors (Lipinski definition) is 10. The lowest BCUT2D eigenvalue weighted by atomic mass is 10.0. The molecular formula is C41H42BrF3N8O5. The molecule has 0 radical (unpaired) electrons. The van der Waals surface area contributed by atoms with Crippen LogP contribution in [-0.2, 0) is 28.9 Å². The molecule has 1 aromatic heterocycles. The van der Waals surface area contributed by atoms with Gasteiger partial charge in [-0.2, -0.15) is 13.2 Å². The molecule has 1 unspecified atom stereocenters. The summed E-state index contributed by atoms with van der Waals surface area (Å²) in [4.78, 5) is 60.0. The predicted molar refractivity (Wildman–Crippen MR) is 216 cm³/mol. The van der Waals surface area contributed by atoms with Crippen LogP contribution in [0.4, 0.5) is 41.7 Å². The Morgan fingerprint density at radius 2 is 1.76 bits per heavy atom. The summed E-state index contributed by atoms with van der Waals surface area (Å²) in [5.41, 5.74) is 3.02. The maximum atomic E-state index is 14.1. The number of methoxy groups -OCH3 is 1. The number of hydrogen-bond donors (Lipinski definition) is 4. The van der Waals surface area contributed by atoms with Crippen LogP contribution >= 0.6 is 15.9 Å². The van der Waals surface area contributed by atoms with Gasteiger partial charge in [-0.25, -0.2) is 4.98 Å². The van der Waals surface area contributed by atoms with Crippen LogP contribution in [0.25, 0.3) is 0 Å². The van der Waals surface area contributed by atoms with Crippen LogP contribution in [0.2, 0.25) is 0 Å². The summed E-state index contributed by atoms with van der Waals surface area (Å²) < 4.78 is 48.7. The Kier molecular flexibility index (Phi) is 11.6. The van der Waals surface area contributed by atoms with Crippen molar-refractivity contribution in [1.82, 2.24) is 25.4 Å². The second-order valence-corrected chi connectivity index (χ2v) is 15.4. The summed E-state index contributed by atoms with van der Waals surface area (Å²) in [7, 11) is 5.05. The number of amides is 4. The van der Waals surface area contributed by atoms with Gasteiger partial charge >= 0.3 is 6.18 Å². The van der Waals surface area contributed by atoms with E-state index in [2.05, 4.69) is 59.0 Å². The molecule has 2 saturated heterocycles. The lowest BCUT2D eigenvalue weighted by Crippen LogP contribution is -2.52. The molecule has 7 rings (SSSR count). The summed E-state index contributed by atoms with van der Waals surface area (Å²) in [6, 6.07) is 16.6. The van der Waals surface area contributed by atoms with Gasteiger partial charge in [-0.1, -0.05) is 34.1 Å². The number of piperidine rings is 2. The van der Waals surface area contributed by atoms with Crippen LogP contribution in [0.1, 0.15) is 63.1 Å². The minimum atomic E-state index is -4.71. The van der Waals surface area contributed by atoms with Gasteiger partial charge in [-0.15, -0.1) is 0 Å². The number of rotatable bonds is 11. The lowest BCUT2D eigenvalue weighted by Gasteiger charge is -2.38. The maximum absolute atomic E-state index is 14.1. The number of carbonyl (C=O) groups is 4. The van der Waals surface area contributed by atoms with E-state index in [1.165, 1.54) is 32.4 Å². The van der Waals surface area contributed by atoms with Crippen molar-refractivity contribution in [2.24, 2.45) is 0 Å². The molecule has 2 fully saturated rings. The fraction of sp³-hybridized carbons (Fsp3) is 0.341. The van der Waals surface area contributed by atoms with Crippen molar-refractivity contribution in [3.8, 4) is 5.75 Å². The number of para-hydroxylation sites is 1. The Bertz CT molecular complexity index is 2270. The molecule has 0 bridgehead atoms. The minimum Gasteiger partial charge on any atom is -0.494 e. The van der Waals surface area contributed by atoms with Crippen molar-refractivity contribution >= 4 is 68.1 Å². The highest BCUT2D eigenvalue weighted by atomic mass is 79.9. The second-order valence-electron chi connectivity index (χ2n) is 14.5. The third-order valence-corrected chi connectivity index (χ3v) is 11.6. The number of aromatic nitrogens is 1. The standard InChI is InChI=1S/C41H42BrF3N8O5/c1-46-38(55)27-6-4-5-7-31(27)48-33-19-36(47-20-29(33)41(43,44)45)49-32-9-8-26(17-35(32)58-3)52-14-12-25(13-15-52)51(2)21-24-16-23-22-53(40(57)28(23)18-30(24)42)34-10-11-37(54)50-39(34)56/h4-9,16-20,25,34H,10-15,21-22H2,1-3H3,(H,46,55)(H2,47,48,49)(H,50,54,56). The van der Waals surface area contributed by atoms with Crippen LogP contribution in [0.5, 0.6) is 5.75 Å². The average molecular weight is 864 g/mol. The molecule has 4 heterocycles. The summed E-state index contributed by atoms with van der Waals surface area (Å²) in [5, 5.41) is 10.7. The Hall–Kier alpha value is -5.68. The third kappa shape index (κ3) is 8.45. The van der Waals surface area contributed by atoms with Gasteiger partial charge in [-0.05, 0) is 67.8 Å². The molecule has 17 heteroatoms. The van der Waals surface area contributed by atoms with E-state index < -0.39 is 29.6 Å². The highest BCUT2D eigenvalue weighted by Gasteiger charge is 2.40. The molecule has 3 aliphatic heterocycles. The number of pyridine rings is 1. The predicted octanol–water partition coefficient (Wildman–Crippen LogP) is 6.58. The largest absolute Gasteiger partial charge is 0.494 e. The fourth-order valence-corrected chi connectivity index (χ4v) is 8.23. The Morgan fingerprint density at radius 3 is 2.47 bits per heavy atom. The highest BCUT2D eigenvalue weighted by molar-refractivity contribution is 9.10. The Balaban J connectivity index is 0.993. The van der Waals surface area contributed by atoms with Crippen molar-refractivity contribution in [3.63, 3.8) is 0 Å². The number of ether oxygens (including phenoxy) is 1. The van der Waals surface area contributed by atoms with Crippen LogP contribution in [0, 0.1) is 0 Å². The molecule has 4 N–H and O–H groups in total. The van der Waals surface area contributed by atoms with Gasteiger partial charge in [0.2, 0.25) is 11.8 Å². The zero-order chi connectivity index (χ0) is 41.3. The van der Waals surface area contributed by atoms with E-state index in [1.807, 2.05) is 24.3 Å². The second kappa shape index (κ2) is 16.7. The number of nitrogens with one attached hydrogen (secondary N) is 4. The number of benzene rings is 3. The maximum Gasteiger partial charge on any atom is 0.419 e. The number of halogens is 4. The molecular weight excluding hydrogens is 821 g/mol. The van der Waals surface area contributed by atoms with Gasteiger partial charge in [0.05, 0.1) is 35.3 Å². The van der Waals surface area contributed by atoms with Gasteiger partial charge in [0, 0.05) is 79.7 Å². The van der Waals surface area contributed by atoms with Crippen LogP contribution in [0.3, 0.4) is 0 Å². The van der Waals surface area contributed by atoms with E-state index in [9.17, 15) is 32.3 Å². The molecule has 3 aliphatic rings. The van der Waals surface area contributed by atoms with E-state index in [4.69, 9.17) is 4.74 Å². The normalized spacial score (nSPS) is 17.3. The molecule has 0 spiro atoms. The summed E-state index contributed by atoms with van der Waals surface area (Å²) in [6.45, 7) is 2.52. The number of anilines is 5. The Morgan fingerprint density at radius 1 is 1.00 bits per heavy atom. The van der Waals surface area contributed by atoms with Crippen LogP contribution in [0.15, 0.2) is 71.3 Å². The number of fused-ring (bicyclic) bond motifs is 1. The van der Waals surface area contributed by atoms with Crippen molar-refractivity contribution < 1.29 is 37.1 Å². The molecule has 58 heavy (non-hydrogen) atoms. The van der Waals surface area contributed by atoms with Crippen molar-refractivity contribution in [3.05, 3.63) is 99.2 Å². The van der Waals surface area contributed by atoms with E-state index in [-0.39, 0.29) is 47.0 Å². The highest BCUT2D eigenvalue weighted by Crippen LogP contribution is 2.39. The molecule has 3 aromatic carbocycles.